The largest absolute Gasteiger partial charge is 0.339 e. The predicted molar refractivity (Wildman–Crippen MR) is 69.8 cm³/mol. The van der Waals surface area contributed by atoms with Gasteiger partial charge in [-0.1, -0.05) is 10.4 Å². The van der Waals surface area contributed by atoms with Crippen LogP contribution >= 0.6 is 0 Å². The number of nitrogens with zero attached hydrogens (tertiary/aromatic N) is 5. The van der Waals surface area contributed by atoms with Gasteiger partial charge in [0.05, 0.1) is 11.9 Å². The van der Waals surface area contributed by atoms with Crippen molar-refractivity contribution in [2.75, 3.05) is 6.54 Å². The molecule has 1 N–H and O–H groups in total. The van der Waals surface area contributed by atoms with E-state index < -0.39 is 0 Å². The Morgan fingerprint density at radius 2 is 2.20 bits per heavy atom. The third kappa shape index (κ3) is 2.87. The first-order valence-electron chi connectivity index (χ1n) is 7.29. The van der Waals surface area contributed by atoms with Crippen LogP contribution in [0.1, 0.15) is 49.0 Å². The zero-order chi connectivity index (χ0) is 13.4. The molecule has 2 aromatic rings. The molecule has 0 aliphatic heterocycles. The van der Waals surface area contributed by atoms with Gasteiger partial charge in [-0.25, -0.2) is 4.68 Å². The van der Waals surface area contributed by atoms with Crippen molar-refractivity contribution >= 4 is 0 Å². The van der Waals surface area contributed by atoms with E-state index in [4.69, 9.17) is 4.52 Å². The highest BCUT2D eigenvalue weighted by Gasteiger charge is 2.29. The topological polar surface area (TPSA) is 81.7 Å². The zero-order valence-electron chi connectivity index (χ0n) is 11.3. The molecule has 4 rings (SSSR count). The smallest absolute Gasteiger partial charge is 0.229 e. The Kier molecular flexibility index (Phi) is 2.99. The van der Waals surface area contributed by atoms with Crippen LogP contribution in [0.2, 0.25) is 0 Å². The molecule has 0 spiro atoms. The lowest BCUT2D eigenvalue weighted by atomic mass is 10.4. The molecule has 0 bridgehead atoms. The third-order valence-electron chi connectivity index (χ3n) is 3.74. The maximum Gasteiger partial charge on any atom is 0.229 e. The minimum Gasteiger partial charge on any atom is -0.339 e. The first-order chi connectivity index (χ1) is 9.87. The normalized spacial score (nSPS) is 18.6. The van der Waals surface area contributed by atoms with Gasteiger partial charge in [0.2, 0.25) is 5.89 Å². The van der Waals surface area contributed by atoms with E-state index >= 15 is 0 Å². The van der Waals surface area contributed by atoms with Crippen LogP contribution in [0, 0.1) is 5.92 Å². The summed E-state index contributed by atoms with van der Waals surface area (Å²) in [4.78, 5) is 4.39. The van der Waals surface area contributed by atoms with Crippen LogP contribution in [0.25, 0.3) is 0 Å². The number of rotatable bonds is 7. The summed E-state index contributed by atoms with van der Waals surface area (Å²) < 4.78 is 6.99. The summed E-state index contributed by atoms with van der Waals surface area (Å²) in [5.41, 5.74) is 0.955. The Morgan fingerprint density at radius 1 is 1.30 bits per heavy atom. The zero-order valence-corrected chi connectivity index (χ0v) is 11.3. The standard InChI is InChI=1S/C13H18N6O/c1-2-9(1)5-14-6-11-7-19(18-16-11)8-12-15-13(20-17-12)10-3-4-10/h7,9-10,14H,1-6,8H2. The van der Waals surface area contributed by atoms with Gasteiger partial charge in [0.25, 0.3) is 0 Å². The molecule has 0 aromatic carbocycles. The molecule has 7 heteroatoms. The summed E-state index contributed by atoms with van der Waals surface area (Å²) >= 11 is 0. The molecule has 20 heavy (non-hydrogen) atoms. The monoisotopic (exact) mass is 274 g/mol. The molecular weight excluding hydrogens is 256 g/mol. The van der Waals surface area contributed by atoms with E-state index in [0.717, 1.165) is 30.6 Å². The van der Waals surface area contributed by atoms with Gasteiger partial charge >= 0.3 is 0 Å². The molecule has 7 nitrogen and oxygen atoms in total. The lowest BCUT2D eigenvalue weighted by Crippen LogP contribution is -2.16. The summed E-state index contributed by atoms with van der Waals surface area (Å²) in [5.74, 6) is 2.82. The van der Waals surface area contributed by atoms with Crippen LogP contribution in [0.5, 0.6) is 0 Å². The van der Waals surface area contributed by atoms with Gasteiger partial charge in [0, 0.05) is 12.5 Å². The van der Waals surface area contributed by atoms with Gasteiger partial charge in [0.1, 0.15) is 6.54 Å². The second kappa shape index (κ2) is 4.97. The summed E-state index contributed by atoms with van der Waals surface area (Å²) in [6.45, 7) is 2.38. The Hall–Kier alpha value is -1.76. The fourth-order valence-corrected chi connectivity index (χ4v) is 2.20. The van der Waals surface area contributed by atoms with Gasteiger partial charge < -0.3 is 9.84 Å². The molecule has 2 aliphatic rings. The van der Waals surface area contributed by atoms with Crippen molar-refractivity contribution in [3.8, 4) is 0 Å². The van der Waals surface area contributed by atoms with Crippen molar-refractivity contribution in [2.45, 2.75) is 44.7 Å². The van der Waals surface area contributed by atoms with Crippen molar-refractivity contribution in [1.82, 2.24) is 30.5 Å². The van der Waals surface area contributed by atoms with E-state index in [1.54, 1.807) is 4.68 Å². The van der Waals surface area contributed by atoms with Crippen molar-refractivity contribution in [3.63, 3.8) is 0 Å². The van der Waals surface area contributed by atoms with Crippen LogP contribution in [0.4, 0.5) is 0 Å². The van der Waals surface area contributed by atoms with Crippen molar-refractivity contribution in [2.24, 2.45) is 5.92 Å². The van der Waals surface area contributed by atoms with E-state index in [1.165, 1.54) is 25.7 Å². The van der Waals surface area contributed by atoms with Gasteiger partial charge in [-0.2, -0.15) is 4.98 Å². The molecule has 2 fully saturated rings. The average molecular weight is 274 g/mol. The van der Waals surface area contributed by atoms with E-state index in [-0.39, 0.29) is 0 Å². The van der Waals surface area contributed by atoms with Crippen molar-refractivity contribution in [3.05, 3.63) is 23.6 Å². The average Bonchev–Trinajstić information content (AvgIpc) is 3.37. The van der Waals surface area contributed by atoms with Crippen LogP contribution in [-0.4, -0.2) is 31.7 Å². The molecule has 2 aromatic heterocycles. The Balaban J connectivity index is 1.31. The second-order valence-corrected chi connectivity index (χ2v) is 5.80. The molecule has 2 saturated carbocycles. The van der Waals surface area contributed by atoms with E-state index in [1.807, 2.05) is 6.20 Å². The lowest BCUT2D eigenvalue weighted by Gasteiger charge is -1.98. The minimum atomic E-state index is 0.495. The quantitative estimate of drug-likeness (QED) is 0.813. The number of hydrogen-bond acceptors (Lipinski definition) is 6. The Labute approximate surface area is 116 Å². The van der Waals surface area contributed by atoms with E-state index in [9.17, 15) is 0 Å². The van der Waals surface area contributed by atoms with Gasteiger partial charge in [-0.15, -0.1) is 5.10 Å². The first kappa shape index (κ1) is 12.0. The maximum atomic E-state index is 5.23. The lowest BCUT2D eigenvalue weighted by molar-refractivity contribution is 0.372. The van der Waals surface area contributed by atoms with Gasteiger partial charge in [-0.3, -0.25) is 0 Å². The highest BCUT2D eigenvalue weighted by molar-refractivity contribution is 5.02. The van der Waals surface area contributed by atoms with Crippen LogP contribution < -0.4 is 5.32 Å². The maximum absolute atomic E-state index is 5.23. The van der Waals surface area contributed by atoms with Crippen molar-refractivity contribution in [1.29, 1.82) is 0 Å². The molecule has 0 saturated heterocycles. The summed E-state index contributed by atoms with van der Waals surface area (Å²) in [6.07, 6.45) is 7.00. The summed E-state index contributed by atoms with van der Waals surface area (Å²) in [7, 11) is 0. The second-order valence-electron chi connectivity index (χ2n) is 5.80. The molecule has 0 amide bonds. The van der Waals surface area contributed by atoms with Crippen LogP contribution in [0.3, 0.4) is 0 Å². The fourth-order valence-electron chi connectivity index (χ4n) is 2.20. The SMILES string of the molecule is c1c(CNCC2CC2)nnn1Cc1noc(C2CC2)n1. The molecular formula is C13H18N6O. The van der Waals surface area contributed by atoms with Crippen LogP contribution in [0.15, 0.2) is 10.7 Å². The molecule has 0 radical (unpaired) electrons. The molecule has 0 unspecified atom stereocenters. The highest BCUT2D eigenvalue weighted by Crippen LogP contribution is 2.38. The third-order valence-corrected chi connectivity index (χ3v) is 3.74. The van der Waals surface area contributed by atoms with Crippen molar-refractivity contribution < 1.29 is 4.52 Å². The van der Waals surface area contributed by atoms with E-state index in [2.05, 4.69) is 25.8 Å². The molecule has 2 heterocycles. The highest BCUT2D eigenvalue weighted by atomic mass is 16.5. The van der Waals surface area contributed by atoms with Gasteiger partial charge in [0.15, 0.2) is 5.82 Å². The molecule has 2 aliphatic carbocycles. The summed E-state index contributed by atoms with van der Waals surface area (Å²) in [6, 6.07) is 0. The first-order valence-corrected chi connectivity index (χ1v) is 7.29. The Morgan fingerprint density at radius 3 is 3.00 bits per heavy atom. The number of hydrogen-bond donors (Lipinski definition) is 1. The predicted octanol–water partition coefficient (Wildman–Crippen LogP) is 1.09. The number of nitrogens with one attached hydrogen (secondary N) is 1. The fraction of sp³-hybridized carbons (Fsp3) is 0.692. The molecule has 0 atom stereocenters. The van der Waals surface area contributed by atoms with Crippen LogP contribution in [-0.2, 0) is 13.1 Å². The Bertz CT molecular complexity index is 583. The summed E-state index contributed by atoms with van der Waals surface area (Å²) in [5, 5.41) is 15.6. The minimum absolute atomic E-state index is 0.495. The van der Waals surface area contributed by atoms with E-state index in [0.29, 0.717) is 18.3 Å². The number of aromatic nitrogens is 5. The van der Waals surface area contributed by atoms with Gasteiger partial charge in [-0.05, 0) is 38.1 Å². The molecule has 106 valence electrons.